The second kappa shape index (κ2) is 3.74. The van der Waals surface area contributed by atoms with Gasteiger partial charge in [-0.1, -0.05) is 48.5 Å². The molecule has 3 aromatic rings. The quantitative estimate of drug-likeness (QED) is 0.503. The van der Waals surface area contributed by atoms with Gasteiger partial charge in [-0.25, -0.2) is 0 Å². The number of hydrogen-bond donors (Lipinski definition) is 2. The van der Waals surface area contributed by atoms with E-state index in [1.54, 1.807) is 0 Å². The van der Waals surface area contributed by atoms with Crippen molar-refractivity contribution in [3.05, 3.63) is 54.1 Å². The highest BCUT2D eigenvalue weighted by atomic mass is 16.1. The van der Waals surface area contributed by atoms with E-state index in [1.165, 1.54) is 0 Å². The molecule has 0 saturated heterocycles. The van der Waals surface area contributed by atoms with E-state index in [0.29, 0.717) is 11.3 Å². The maximum Gasteiger partial charge on any atom is 0.249 e. The second-order valence-electron chi connectivity index (χ2n) is 4.24. The molecule has 0 heterocycles. The maximum absolute atomic E-state index is 11.7. The van der Waals surface area contributed by atoms with E-state index in [9.17, 15) is 4.79 Å². The minimum Gasteiger partial charge on any atom is -0.398 e. The van der Waals surface area contributed by atoms with Crippen LogP contribution in [0.2, 0.25) is 0 Å². The first kappa shape index (κ1) is 10.6. The summed E-state index contributed by atoms with van der Waals surface area (Å²) in [5.74, 6) is -0.428. The summed E-state index contributed by atoms with van der Waals surface area (Å²) in [6.45, 7) is 0. The Labute approximate surface area is 104 Å². The topological polar surface area (TPSA) is 69.1 Å². The molecule has 0 aliphatic heterocycles. The second-order valence-corrected chi connectivity index (χ2v) is 4.24. The van der Waals surface area contributed by atoms with Crippen molar-refractivity contribution >= 4 is 33.1 Å². The molecule has 0 spiro atoms. The number of nitrogen functional groups attached to an aromatic ring is 1. The minimum atomic E-state index is -0.428. The number of fused-ring (bicyclic) bond motifs is 2. The Morgan fingerprint density at radius 1 is 0.778 bits per heavy atom. The van der Waals surface area contributed by atoms with Crippen LogP contribution in [0.3, 0.4) is 0 Å². The van der Waals surface area contributed by atoms with Gasteiger partial charge in [-0.15, -0.1) is 0 Å². The monoisotopic (exact) mass is 236 g/mol. The summed E-state index contributed by atoms with van der Waals surface area (Å²) in [4.78, 5) is 11.7. The number of carbonyl (C=O) groups excluding carboxylic acids is 1. The summed E-state index contributed by atoms with van der Waals surface area (Å²) in [5.41, 5.74) is 12.9. The Bertz CT molecular complexity index is 721. The minimum absolute atomic E-state index is 0.428. The van der Waals surface area contributed by atoms with Crippen LogP contribution in [0.5, 0.6) is 0 Å². The lowest BCUT2D eigenvalue weighted by Crippen LogP contribution is -2.12. The zero-order chi connectivity index (χ0) is 12.7. The van der Waals surface area contributed by atoms with Crippen LogP contribution in [-0.4, -0.2) is 5.91 Å². The molecule has 18 heavy (non-hydrogen) atoms. The molecule has 0 aromatic heterocycles. The molecule has 0 radical (unpaired) electrons. The van der Waals surface area contributed by atoms with Crippen molar-refractivity contribution in [3.63, 3.8) is 0 Å². The van der Waals surface area contributed by atoms with E-state index in [2.05, 4.69) is 0 Å². The van der Waals surface area contributed by atoms with Gasteiger partial charge in [0.05, 0.1) is 5.56 Å². The van der Waals surface area contributed by atoms with E-state index in [1.807, 2.05) is 48.5 Å². The number of anilines is 1. The maximum atomic E-state index is 11.7. The van der Waals surface area contributed by atoms with Gasteiger partial charge in [-0.05, 0) is 10.8 Å². The summed E-state index contributed by atoms with van der Waals surface area (Å²) >= 11 is 0. The number of primary amides is 1. The molecule has 1 amide bonds. The van der Waals surface area contributed by atoms with Crippen molar-refractivity contribution in [2.24, 2.45) is 5.73 Å². The van der Waals surface area contributed by atoms with Crippen LogP contribution in [0.4, 0.5) is 5.69 Å². The SMILES string of the molecule is NC(=O)c1c2ccccc2c(N)c2ccccc12. The molecule has 0 bridgehead atoms. The Morgan fingerprint density at radius 3 is 1.56 bits per heavy atom. The van der Waals surface area contributed by atoms with Gasteiger partial charge in [0, 0.05) is 16.5 Å². The number of carbonyl (C=O) groups is 1. The van der Waals surface area contributed by atoms with E-state index in [4.69, 9.17) is 11.5 Å². The van der Waals surface area contributed by atoms with Crippen LogP contribution >= 0.6 is 0 Å². The van der Waals surface area contributed by atoms with Gasteiger partial charge in [0.1, 0.15) is 0 Å². The van der Waals surface area contributed by atoms with E-state index < -0.39 is 5.91 Å². The fourth-order valence-corrected chi connectivity index (χ4v) is 2.43. The Kier molecular flexibility index (Phi) is 2.20. The van der Waals surface area contributed by atoms with Crippen LogP contribution < -0.4 is 11.5 Å². The van der Waals surface area contributed by atoms with Gasteiger partial charge in [-0.3, -0.25) is 4.79 Å². The van der Waals surface area contributed by atoms with Gasteiger partial charge in [-0.2, -0.15) is 0 Å². The number of nitrogens with two attached hydrogens (primary N) is 2. The van der Waals surface area contributed by atoms with Gasteiger partial charge < -0.3 is 11.5 Å². The predicted molar refractivity (Wildman–Crippen MR) is 74.4 cm³/mol. The number of benzene rings is 3. The first-order chi connectivity index (χ1) is 8.70. The molecule has 3 aromatic carbocycles. The molecule has 0 aliphatic carbocycles. The molecule has 0 saturated carbocycles. The first-order valence-electron chi connectivity index (χ1n) is 5.69. The van der Waals surface area contributed by atoms with Crippen LogP contribution in [0.1, 0.15) is 10.4 Å². The van der Waals surface area contributed by atoms with E-state index in [-0.39, 0.29) is 0 Å². The lowest BCUT2D eigenvalue weighted by atomic mass is 9.95. The third kappa shape index (κ3) is 1.34. The predicted octanol–water partition coefficient (Wildman–Crippen LogP) is 2.67. The van der Waals surface area contributed by atoms with Crippen LogP contribution in [0, 0.1) is 0 Å². The molecular weight excluding hydrogens is 224 g/mol. The highest BCUT2D eigenvalue weighted by Crippen LogP contribution is 2.34. The third-order valence-corrected chi connectivity index (χ3v) is 3.22. The number of rotatable bonds is 1. The average Bonchev–Trinajstić information content (AvgIpc) is 2.39. The summed E-state index contributed by atoms with van der Waals surface area (Å²) in [6.07, 6.45) is 0. The molecule has 3 heteroatoms. The lowest BCUT2D eigenvalue weighted by Gasteiger charge is -2.11. The van der Waals surface area contributed by atoms with Crippen molar-refractivity contribution in [2.75, 3.05) is 5.73 Å². The van der Waals surface area contributed by atoms with Crippen LogP contribution in [0.15, 0.2) is 48.5 Å². The molecule has 0 fully saturated rings. The van der Waals surface area contributed by atoms with Crippen LogP contribution in [-0.2, 0) is 0 Å². The smallest absolute Gasteiger partial charge is 0.249 e. The Hall–Kier alpha value is -2.55. The zero-order valence-electron chi connectivity index (χ0n) is 9.68. The molecule has 88 valence electrons. The van der Waals surface area contributed by atoms with Crippen molar-refractivity contribution in [1.29, 1.82) is 0 Å². The van der Waals surface area contributed by atoms with Gasteiger partial charge in [0.15, 0.2) is 0 Å². The van der Waals surface area contributed by atoms with E-state index in [0.717, 1.165) is 21.5 Å². The van der Waals surface area contributed by atoms with Gasteiger partial charge in [0.25, 0.3) is 0 Å². The zero-order valence-corrected chi connectivity index (χ0v) is 9.68. The highest BCUT2D eigenvalue weighted by molar-refractivity contribution is 6.22. The summed E-state index contributed by atoms with van der Waals surface area (Å²) in [5, 5.41) is 3.34. The molecule has 0 unspecified atom stereocenters. The molecule has 0 atom stereocenters. The fourth-order valence-electron chi connectivity index (χ4n) is 2.43. The fraction of sp³-hybridized carbons (Fsp3) is 0. The van der Waals surface area contributed by atoms with Crippen molar-refractivity contribution in [3.8, 4) is 0 Å². The first-order valence-corrected chi connectivity index (χ1v) is 5.69. The van der Waals surface area contributed by atoms with Crippen LogP contribution in [0.25, 0.3) is 21.5 Å². The van der Waals surface area contributed by atoms with E-state index >= 15 is 0 Å². The van der Waals surface area contributed by atoms with Crippen molar-refractivity contribution in [2.45, 2.75) is 0 Å². The Morgan fingerprint density at radius 2 is 1.17 bits per heavy atom. The molecule has 3 rings (SSSR count). The number of hydrogen-bond acceptors (Lipinski definition) is 2. The largest absolute Gasteiger partial charge is 0.398 e. The number of amides is 1. The standard InChI is InChI=1S/C15H12N2O/c16-14-11-7-3-1-5-9(11)13(15(17)18)10-6-2-4-8-12(10)14/h1-8H,16H2,(H2,17,18). The van der Waals surface area contributed by atoms with Crippen molar-refractivity contribution < 1.29 is 4.79 Å². The molecule has 4 N–H and O–H groups in total. The molecule has 0 aliphatic rings. The van der Waals surface area contributed by atoms with Gasteiger partial charge in [0.2, 0.25) is 5.91 Å². The summed E-state index contributed by atoms with van der Waals surface area (Å²) < 4.78 is 0. The van der Waals surface area contributed by atoms with Crippen molar-refractivity contribution in [1.82, 2.24) is 0 Å². The average molecular weight is 236 g/mol. The molecule has 3 nitrogen and oxygen atoms in total. The third-order valence-electron chi connectivity index (χ3n) is 3.22. The highest BCUT2D eigenvalue weighted by Gasteiger charge is 2.14. The molecular formula is C15H12N2O. The summed E-state index contributed by atoms with van der Waals surface area (Å²) in [6, 6.07) is 15.1. The normalized spacial score (nSPS) is 10.9. The summed E-state index contributed by atoms with van der Waals surface area (Å²) in [7, 11) is 0. The Balaban J connectivity index is 2.67. The lowest BCUT2D eigenvalue weighted by molar-refractivity contribution is 0.100. The van der Waals surface area contributed by atoms with Gasteiger partial charge >= 0.3 is 0 Å².